The molecule has 0 fully saturated rings. The van der Waals surface area contributed by atoms with Crippen LogP contribution in [0.25, 0.3) is 0 Å². The smallest absolute Gasteiger partial charge is 0.469 e. The highest BCUT2D eigenvalue weighted by Crippen LogP contribution is 2.24. The molecule has 0 rings (SSSR count). The number of alkyl halides is 3. The van der Waals surface area contributed by atoms with Crippen LogP contribution >= 0.6 is 0 Å². The monoisotopic (exact) mass is 348 g/mol. The van der Waals surface area contributed by atoms with E-state index < -0.39 is 22.2 Å². The van der Waals surface area contributed by atoms with Crippen molar-refractivity contribution >= 4 is 16.1 Å². The summed E-state index contributed by atoms with van der Waals surface area (Å²) < 4.78 is 65.4. The normalized spacial score (nSPS) is 12.4. The van der Waals surface area contributed by atoms with Gasteiger partial charge in [-0.1, -0.05) is 38.5 Å². The first kappa shape index (κ1) is 21.2. The average molecular weight is 348 g/mol. The van der Waals surface area contributed by atoms with Crippen molar-refractivity contribution in [3.05, 3.63) is 0 Å². The number of carbonyl (C=O) groups is 1. The molecule has 0 N–H and O–H groups in total. The molecule has 0 saturated heterocycles. The van der Waals surface area contributed by atoms with Crippen molar-refractivity contribution in [3.63, 3.8) is 0 Å². The van der Waals surface area contributed by atoms with Gasteiger partial charge in [0, 0.05) is 6.42 Å². The van der Waals surface area contributed by atoms with Crippen LogP contribution in [-0.2, 0) is 23.8 Å². The Morgan fingerprint density at radius 2 is 1.36 bits per heavy atom. The zero-order chi connectivity index (χ0) is 17.1. The quantitative estimate of drug-likeness (QED) is 0.233. The molecule has 0 saturated carbocycles. The van der Waals surface area contributed by atoms with Gasteiger partial charge in [0.25, 0.3) is 0 Å². The van der Waals surface area contributed by atoms with Gasteiger partial charge in [-0.25, -0.2) is 0 Å². The van der Waals surface area contributed by atoms with E-state index in [2.05, 4.69) is 8.92 Å². The minimum absolute atomic E-state index is 0.214. The average Bonchev–Trinajstić information content (AvgIpc) is 2.43. The Morgan fingerprint density at radius 1 is 0.909 bits per heavy atom. The summed E-state index contributed by atoms with van der Waals surface area (Å²) in [6.45, 7) is -0.443. The molecule has 132 valence electrons. The first-order valence-electron chi connectivity index (χ1n) is 7.23. The van der Waals surface area contributed by atoms with Gasteiger partial charge in [-0.05, 0) is 12.8 Å². The van der Waals surface area contributed by atoms with E-state index in [1.807, 2.05) is 0 Å². The van der Waals surface area contributed by atoms with Crippen LogP contribution in [0.5, 0.6) is 0 Å². The van der Waals surface area contributed by atoms with Gasteiger partial charge in [-0.15, -0.1) is 0 Å². The Balaban J connectivity index is 3.40. The fraction of sp³-hybridized carbons (Fsp3) is 0.923. The summed E-state index contributed by atoms with van der Waals surface area (Å²) in [5, 5.41) is 0. The summed E-state index contributed by atoms with van der Waals surface area (Å²) in [5.74, 6) is -0.214. The lowest BCUT2D eigenvalue weighted by Crippen LogP contribution is -2.25. The maximum Gasteiger partial charge on any atom is 0.523 e. The lowest BCUT2D eigenvalue weighted by molar-refractivity contribution is -0.140. The molecule has 0 amide bonds. The van der Waals surface area contributed by atoms with Crippen LogP contribution in [-0.4, -0.2) is 33.6 Å². The molecule has 0 spiro atoms. The summed E-state index contributed by atoms with van der Waals surface area (Å²) in [5.41, 5.74) is -5.35. The summed E-state index contributed by atoms with van der Waals surface area (Å²) >= 11 is 0. The van der Waals surface area contributed by atoms with Crippen molar-refractivity contribution in [2.75, 3.05) is 13.7 Å². The van der Waals surface area contributed by atoms with Crippen LogP contribution < -0.4 is 0 Å². The van der Waals surface area contributed by atoms with E-state index in [9.17, 15) is 26.4 Å². The first-order valence-corrected chi connectivity index (χ1v) is 8.64. The standard InChI is InChI=1S/C13H23F3O5S/c1-20-12(17)10-8-6-4-2-3-5-7-9-11-21-22(18,19)13(14,15)16/h2-11H2,1H3. The van der Waals surface area contributed by atoms with E-state index >= 15 is 0 Å². The number of hydrogen-bond acceptors (Lipinski definition) is 5. The van der Waals surface area contributed by atoms with Gasteiger partial charge >= 0.3 is 21.6 Å². The number of carbonyl (C=O) groups excluding carboxylic acids is 1. The lowest BCUT2D eigenvalue weighted by Gasteiger charge is -2.08. The van der Waals surface area contributed by atoms with Crippen molar-refractivity contribution in [2.24, 2.45) is 0 Å². The Morgan fingerprint density at radius 3 is 1.82 bits per heavy atom. The van der Waals surface area contributed by atoms with Gasteiger partial charge in [0.1, 0.15) is 0 Å². The third kappa shape index (κ3) is 9.99. The van der Waals surface area contributed by atoms with Crippen molar-refractivity contribution in [1.82, 2.24) is 0 Å². The van der Waals surface area contributed by atoms with Crippen molar-refractivity contribution < 1.29 is 35.3 Å². The Hall–Kier alpha value is -0.830. The van der Waals surface area contributed by atoms with E-state index in [1.54, 1.807) is 0 Å². The van der Waals surface area contributed by atoms with E-state index in [0.29, 0.717) is 12.8 Å². The van der Waals surface area contributed by atoms with Crippen molar-refractivity contribution in [1.29, 1.82) is 0 Å². The molecule has 0 aromatic rings. The molecule has 0 radical (unpaired) electrons. The molecular formula is C13H23F3O5S. The summed E-state index contributed by atoms with van der Waals surface area (Å²) in [6, 6.07) is 0. The molecule has 0 aliphatic heterocycles. The molecule has 9 heteroatoms. The second-order valence-corrected chi connectivity index (χ2v) is 6.48. The second kappa shape index (κ2) is 10.8. The highest BCUT2D eigenvalue weighted by molar-refractivity contribution is 7.87. The topological polar surface area (TPSA) is 69.7 Å². The predicted molar refractivity (Wildman–Crippen MR) is 74.5 cm³/mol. The predicted octanol–water partition coefficient (Wildman–Crippen LogP) is 3.54. The number of methoxy groups -OCH3 is 1. The van der Waals surface area contributed by atoms with Crippen LogP contribution in [0, 0.1) is 0 Å². The van der Waals surface area contributed by atoms with Crippen LogP contribution in [0.15, 0.2) is 0 Å². The van der Waals surface area contributed by atoms with Gasteiger partial charge in [0.15, 0.2) is 0 Å². The van der Waals surface area contributed by atoms with Crippen LogP contribution in [0.2, 0.25) is 0 Å². The fourth-order valence-corrected chi connectivity index (χ4v) is 2.24. The van der Waals surface area contributed by atoms with Crippen molar-refractivity contribution in [2.45, 2.75) is 63.3 Å². The number of ether oxygens (including phenoxy) is 1. The van der Waals surface area contributed by atoms with E-state index in [-0.39, 0.29) is 12.4 Å². The van der Waals surface area contributed by atoms with Gasteiger partial charge in [0.05, 0.1) is 13.7 Å². The van der Waals surface area contributed by atoms with Crippen molar-refractivity contribution in [3.8, 4) is 0 Å². The minimum atomic E-state index is -5.45. The zero-order valence-corrected chi connectivity index (χ0v) is 13.5. The highest BCUT2D eigenvalue weighted by Gasteiger charge is 2.47. The molecule has 0 aromatic heterocycles. The third-order valence-electron chi connectivity index (χ3n) is 3.02. The lowest BCUT2D eigenvalue weighted by atomic mass is 10.1. The number of unbranched alkanes of at least 4 members (excludes halogenated alkanes) is 7. The van der Waals surface area contributed by atoms with E-state index in [0.717, 1.165) is 38.5 Å². The number of halogens is 3. The molecule has 0 aliphatic carbocycles. The van der Waals surface area contributed by atoms with Crippen LogP contribution in [0.1, 0.15) is 57.8 Å². The molecule has 0 heterocycles. The summed E-state index contributed by atoms with van der Waals surface area (Å²) in [4.78, 5) is 10.8. The number of esters is 1. The van der Waals surface area contributed by atoms with Gasteiger partial charge in [-0.2, -0.15) is 21.6 Å². The maximum absolute atomic E-state index is 11.9. The molecule has 0 unspecified atom stereocenters. The van der Waals surface area contributed by atoms with E-state index in [1.165, 1.54) is 7.11 Å². The molecule has 0 bridgehead atoms. The maximum atomic E-state index is 11.9. The molecule has 5 nitrogen and oxygen atoms in total. The van der Waals surface area contributed by atoms with Gasteiger partial charge in [0.2, 0.25) is 0 Å². The molecule has 22 heavy (non-hydrogen) atoms. The van der Waals surface area contributed by atoms with E-state index in [4.69, 9.17) is 0 Å². The minimum Gasteiger partial charge on any atom is -0.469 e. The molecule has 0 atom stereocenters. The fourth-order valence-electron chi connectivity index (χ4n) is 1.77. The zero-order valence-electron chi connectivity index (χ0n) is 12.7. The second-order valence-electron chi connectivity index (χ2n) is 4.88. The largest absolute Gasteiger partial charge is 0.523 e. The SMILES string of the molecule is COC(=O)CCCCCCCCCCOS(=O)(=O)C(F)(F)F. The van der Waals surface area contributed by atoms with Gasteiger partial charge in [-0.3, -0.25) is 8.98 Å². The third-order valence-corrected chi connectivity index (χ3v) is 4.07. The number of rotatable bonds is 12. The highest BCUT2D eigenvalue weighted by atomic mass is 32.2. The van der Waals surface area contributed by atoms with Gasteiger partial charge < -0.3 is 4.74 Å². The Kier molecular flexibility index (Phi) is 10.4. The Bertz CT molecular complexity index is 406. The molecule has 0 aliphatic rings. The summed E-state index contributed by atoms with van der Waals surface area (Å²) in [7, 11) is -4.10. The number of hydrogen-bond donors (Lipinski definition) is 0. The Labute approximate surface area is 129 Å². The summed E-state index contributed by atoms with van der Waals surface area (Å²) in [6.07, 6.45) is 6.72. The first-order chi connectivity index (χ1) is 10.2. The van der Waals surface area contributed by atoms with Crippen LogP contribution in [0.4, 0.5) is 13.2 Å². The molecule has 0 aromatic carbocycles. The molecular weight excluding hydrogens is 325 g/mol. The van der Waals surface area contributed by atoms with Crippen LogP contribution in [0.3, 0.4) is 0 Å².